The highest BCUT2D eigenvalue weighted by atomic mass is 32.1. The number of nitrogens with zero attached hydrogens (tertiary/aromatic N) is 3. The number of aliphatic hydroxyl groups is 1. The molecule has 1 aliphatic rings. The first kappa shape index (κ1) is 18.2. The number of hydrogen-bond donors (Lipinski definition) is 3. The molecule has 5 rings (SSSR count). The van der Waals surface area contributed by atoms with Crippen molar-refractivity contribution in [1.29, 1.82) is 0 Å². The van der Waals surface area contributed by atoms with E-state index in [4.69, 9.17) is 0 Å². The van der Waals surface area contributed by atoms with E-state index in [-0.39, 0.29) is 11.8 Å². The zero-order valence-electron chi connectivity index (χ0n) is 16.2. The molecule has 4 aromatic rings. The summed E-state index contributed by atoms with van der Waals surface area (Å²) in [5.41, 5.74) is 6.13. The highest BCUT2D eigenvalue weighted by molar-refractivity contribution is 7.23. The van der Waals surface area contributed by atoms with E-state index in [1.807, 2.05) is 26.0 Å². The first-order valence-electron chi connectivity index (χ1n) is 9.77. The number of anilines is 1. The fraction of sp³-hybridized carbons (Fsp3) is 0.333. The van der Waals surface area contributed by atoms with Crippen LogP contribution in [0.25, 0.3) is 32.4 Å². The Bertz CT molecular complexity index is 1240. The van der Waals surface area contributed by atoms with E-state index in [1.54, 1.807) is 12.5 Å². The van der Waals surface area contributed by atoms with Crippen LogP contribution in [-0.4, -0.2) is 30.9 Å². The lowest BCUT2D eigenvalue weighted by Gasteiger charge is -2.12. The third-order valence-corrected chi connectivity index (χ3v) is 6.39. The van der Waals surface area contributed by atoms with Crippen LogP contribution in [0.4, 0.5) is 5.13 Å². The third kappa shape index (κ3) is 3.18. The van der Waals surface area contributed by atoms with Crippen molar-refractivity contribution >= 4 is 43.6 Å². The summed E-state index contributed by atoms with van der Waals surface area (Å²) in [6, 6.07) is 3.93. The lowest BCUT2D eigenvalue weighted by molar-refractivity contribution is -0.117. The zero-order valence-corrected chi connectivity index (χ0v) is 17.0. The van der Waals surface area contributed by atoms with Crippen LogP contribution in [0.3, 0.4) is 0 Å². The normalized spacial score (nSPS) is 15.1. The summed E-state index contributed by atoms with van der Waals surface area (Å²) in [7, 11) is 0. The molecule has 148 valence electrons. The number of carbonyl (C=O) groups is 1. The number of aliphatic hydroxyl groups excluding tert-OH is 1. The number of H-pyrrole nitrogens is 1. The van der Waals surface area contributed by atoms with Gasteiger partial charge in [-0.1, -0.05) is 18.3 Å². The molecule has 1 aromatic carbocycles. The minimum atomic E-state index is -0.563. The number of aromatic nitrogens is 4. The molecule has 1 amide bonds. The number of carbonyl (C=O) groups excluding carboxylic acids is 1. The predicted octanol–water partition coefficient (Wildman–Crippen LogP) is 4.33. The Hall–Kier alpha value is -2.84. The molecule has 1 fully saturated rings. The monoisotopic (exact) mass is 407 g/mol. The average Bonchev–Trinajstić information content (AvgIpc) is 3.31. The van der Waals surface area contributed by atoms with Gasteiger partial charge in [-0.25, -0.2) is 9.97 Å². The molecule has 1 saturated carbocycles. The zero-order chi connectivity index (χ0) is 20.1. The Morgan fingerprint density at radius 2 is 2.17 bits per heavy atom. The number of aryl methyl sites for hydroxylation is 1. The van der Waals surface area contributed by atoms with E-state index in [9.17, 15) is 9.90 Å². The van der Waals surface area contributed by atoms with Gasteiger partial charge < -0.3 is 15.4 Å². The van der Waals surface area contributed by atoms with Crippen molar-refractivity contribution in [3.05, 3.63) is 35.9 Å². The Balaban J connectivity index is 1.62. The van der Waals surface area contributed by atoms with Gasteiger partial charge in [-0.05, 0) is 43.9 Å². The van der Waals surface area contributed by atoms with Gasteiger partial charge in [0.1, 0.15) is 0 Å². The van der Waals surface area contributed by atoms with Gasteiger partial charge in [0.15, 0.2) is 5.13 Å². The fourth-order valence-electron chi connectivity index (χ4n) is 3.55. The number of amides is 1. The highest BCUT2D eigenvalue weighted by Crippen LogP contribution is 2.39. The summed E-state index contributed by atoms with van der Waals surface area (Å²) in [4.78, 5) is 29.0. The molecule has 0 bridgehead atoms. The Morgan fingerprint density at radius 3 is 2.90 bits per heavy atom. The first-order chi connectivity index (χ1) is 14.0. The molecular formula is C21H21N5O2S. The molecule has 3 heterocycles. The summed E-state index contributed by atoms with van der Waals surface area (Å²) in [5.74, 6) is 0.186. The van der Waals surface area contributed by atoms with Crippen LogP contribution < -0.4 is 5.32 Å². The average molecular weight is 407 g/mol. The van der Waals surface area contributed by atoms with Crippen molar-refractivity contribution in [1.82, 2.24) is 19.9 Å². The summed E-state index contributed by atoms with van der Waals surface area (Å²) in [5, 5.41) is 13.6. The Kier molecular flexibility index (Phi) is 4.33. The van der Waals surface area contributed by atoms with E-state index in [1.165, 1.54) is 11.3 Å². The molecule has 29 heavy (non-hydrogen) atoms. The van der Waals surface area contributed by atoms with Crippen molar-refractivity contribution < 1.29 is 9.90 Å². The van der Waals surface area contributed by atoms with Crippen LogP contribution in [0.1, 0.15) is 43.5 Å². The van der Waals surface area contributed by atoms with Gasteiger partial charge in [0.05, 0.1) is 39.4 Å². The van der Waals surface area contributed by atoms with Crippen LogP contribution >= 0.6 is 11.3 Å². The standard InChI is InChI=1S/C21H21N5O2S/c1-3-16(27)14-6-10(2)13(8-22-14)12-7-15-19(18-17(12)23-9-24-18)29-21(25-15)26-20(28)11-4-5-11/h6-9,11,16,27H,3-5H2,1-2H3,(H,23,24)(H,25,26,28). The molecule has 0 radical (unpaired) electrons. The number of nitrogens with one attached hydrogen (secondary N) is 2. The molecule has 0 aliphatic heterocycles. The molecule has 0 spiro atoms. The van der Waals surface area contributed by atoms with Crippen LogP contribution in [-0.2, 0) is 4.79 Å². The molecule has 7 nitrogen and oxygen atoms in total. The number of aromatic amines is 1. The highest BCUT2D eigenvalue weighted by Gasteiger charge is 2.30. The summed E-state index contributed by atoms with van der Waals surface area (Å²) >= 11 is 1.46. The first-order valence-corrected chi connectivity index (χ1v) is 10.6. The van der Waals surface area contributed by atoms with Gasteiger partial charge >= 0.3 is 0 Å². The quantitative estimate of drug-likeness (QED) is 0.457. The fourth-order valence-corrected chi connectivity index (χ4v) is 4.50. The molecule has 3 aromatic heterocycles. The van der Waals surface area contributed by atoms with Crippen molar-refractivity contribution in [3.63, 3.8) is 0 Å². The van der Waals surface area contributed by atoms with E-state index in [0.717, 1.165) is 50.8 Å². The number of pyridine rings is 1. The third-order valence-electron chi connectivity index (χ3n) is 5.38. The maximum absolute atomic E-state index is 12.1. The van der Waals surface area contributed by atoms with Crippen molar-refractivity contribution in [2.75, 3.05) is 5.32 Å². The molecular weight excluding hydrogens is 386 g/mol. The summed E-state index contributed by atoms with van der Waals surface area (Å²) in [6.07, 6.45) is 5.44. The summed E-state index contributed by atoms with van der Waals surface area (Å²) in [6.45, 7) is 3.94. The second kappa shape index (κ2) is 6.89. The molecule has 0 saturated heterocycles. The maximum atomic E-state index is 12.1. The second-order valence-corrected chi connectivity index (χ2v) is 8.53. The lowest BCUT2D eigenvalue weighted by atomic mass is 9.99. The van der Waals surface area contributed by atoms with E-state index >= 15 is 0 Å². The number of hydrogen-bond acceptors (Lipinski definition) is 6. The van der Waals surface area contributed by atoms with Crippen LogP contribution in [0.2, 0.25) is 0 Å². The van der Waals surface area contributed by atoms with Gasteiger partial charge in [0.2, 0.25) is 5.91 Å². The molecule has 1 aliphatic carbocycles. The number of benzene rings is 1. The van der Waals surface area contributed by atoms with Gasteiger partial charge in [-0.2, -0.15) is 0 Å². The molecule has 3 N–H and O–H groups in total. The largest absolute Gasteiger partial charge is 0.387 e. The minimum absolute atomic E-state index is 0.0512. The number of thiazole rings is 1. The van der Waals surface area contributed by atoms with E-state index < -0.39 is 6.10 Å². The Morgan fingerprint density at radius 1 is 1.34 bits per heavy atom. The van der Waals surface area contributed by atoms with Crippen molar-refractivity contribution in [2.24, 2.45) is 5.92 Å². The number of rotatable bonds is 5. The second-order valence-electron chi connectivity index (χ2n) is 7.53. The van der Waals surface area contributed by atoms with Crippen LogP contribution in [0, 0.1) is 12.8 Å². The molecule has 8 heteroatoms. The van der Waals surface area contributed by atoms with Gasteiger partial charge in [0, 0.05) is 23.2 Å². The topological polar surface area (TPSA) is 104 Å². The van der Waals surface area contributed by atoms with Gasteiger partial charge in [-0.15, -0.1) is 0 Å². The van der Waals surface area contributed by atoms with Crippen molar-refractivity contribution in [2.45, 2.75) is 39.2 Å². The van der Waals surface area contributed by atoms with Gasteiger partial charge in [-0.3, -0.25) is 9.78 Å². The SMILES string of the molecule is CCC(O)c1cc(C)c(-c2cc3nc(NC(=O)C4CC4)sc3c3[nH]cnc23)cn1. The lowest BCUT2D eigenvalue weighted by Crippen LogP contribution is -2.12. The van der Waals surface area contributed by atoms with E-state index in [2.05, 4.69) is 25.3 Å². The minimum Gasteiger partial charge on any atom is -0.387 e. The van der Waals surface area contributed by atoms with Crippen molar-refractivity contribution in [3.8, 4) is 11.1 Å². The predicted molar refractivity (Wildman–Crippen MR) is 114 cm³/mol. The smallest absolute Gasteiger partial charge is 0.229 e. The maximum Gasteiger partial charge on any atom is 0.229 e. The molecule has 1 unspecified atom stereocenters. The van der Waals surface area contributed by atoms with Crippen LogP contribution in [0.15, 0.2) is 24.7 Å². The number of imidazole rings is 1. The Labute approximate surface area is 171 Å². The van der Waals surface area contributed by atoms with Crippen LogP contribution in [0.5, 0.6) is 0 Å². The van der Waals surface area contributed by atoms with E-state index in [0.29, 0.717) is 17.2 Å². The molecule has 1 atom stereocenters. The number of fused-ring (bicyclic) bond motifs is 3. The summed E-state index contributed by atoms with van der Waals surface area (Å²) < 4.78 is 0.969. The van der Waals surface area contributed by atoms with Gasteiger partial charge in [0.25, 0.3) is 0 Å².